The molecule has 6 rings (SSSR count). The van der Waals surface area contributed by atoms with Crippen LogP contribution >= 0.6 is 0 Å². The molecule has 3 aromatic rings. The smallest absolute Gasteiger partial charge is 0.258 e. The zero-order valence-corrected chi connectivity index (χ0v) is 18.2. The number of fused-ring (bicyclic) bond motifs is 5. The summed E-state index contributed by atoms with van der Waals surface area (Å²) in [7, 11) is 0. The van der Waals surface area contributed by atoms with Crippen LogP contribution in [-0.4, -0.2) is 22.6 Å². The molecule has 5 heteroatoms. The van der Waals surface area contributed by atoms with Gasteiger partial charge in [0.05, 0.1) is 18.1 Å². The lowest BCUT2D eigenvalue weighted by Crippen LogP contribution is -2.41. The Kier molecular flexibility index (Phi) is 4.65. The first-order chi connectivity index (χ1) is 15.7. The van der Waals surface area contributed by atoms with Gasteiger partial charge in [-0.05, 0) is 49.9 Å². The summed E-state index contributed by atoms with van der Waals surface area (Å²) < 4.78 is 9.67. The zero-order valence-electron chi connectivity index (χ0n) is 18.2. The van der Waals surface area contributed by atoms with Crippen LogP contribution in [0.5, 0.6) is 5.75 Å². The molecule has 1 aliphatic carbocycles. The SMILES string of the molecule is C=[n+]1c2c(c3[c-]1C1CCCN1CC3)CC=C(n1ccc(OCc3ccccc3)cc1=O)C=2. The maximum atomic E-state index is 12.9. The second-order valence-electron chi connectivity index (χ2n) is 8.92. The fourth-order valence-electron chi connectivity index (χ4n) is 5.55. The molecule has 1 atom stereocenters. The molecule has 0 N–H and O–H groups in total. The standard InChI is InChI=1S/C27H27N3O2/c1-28-25-16-20(9-10-22(25)23-12-14-29-13-5-8-24(29)27(23)28)30-15-11-21(17-26(30)31)32-18-19-6-3-2-4-7-19/h2-4,6-7,9,11,15-17,24H,1,5,8,10,12-14,18H2. The third kappa shape index (κ3) is 3.16. The summed E-state index contributed by atoms with van der Waals surface area (Å²) in [4.78, 5) is 15.5. The normalized spacial score (nSPS) is 19.5. The number of nitrogens with zero attached hydrogens (tertiary/aromatic N) is 3. The summed E-state index contributed by atoms with van der Waals surface area (Å²) >= 11 is 0. The van der Waals surface area contributed by atoms with E-state index in [4.69, 9.17) is 4.74 Å². The van der Waals surface area contributed by atoms with Gasteiger partial charge in [-0.1, -0.05) is 47.5 Å². The Labute approximate surface area is 187 Å². The highest BCUT2D eigenvalue weighted by molar-refractivity contribution is 5.78. The van der Waals surface area contributed by atoms with Crippen molar-refractivity contribution >= 4 is 11.8 Å². The highest BCUT2D eigenvalue weighted by atomic mass is 16.5. The lowest BCUT2D eigenvalue weighted by Gasteiger charge is -2.29. The van der Waals surface area contributed by atoms with Crippen molar-refractivity contribution < 1.29 is 8.98 Å². The van der Waals surface area contributed by atoms with E-state index in [0.717, 1.165) is 36.0 Å². The van der Waals surface area contributed by atoms with Crippen LogP contribution in [0.4, 0.5) is 0 Å². The summed E-state index contributed by atoms with van der Waals surface area (Å²) in [6.07, 6.45) is 10.5. The van der Waals surface area contributed by atoms with E-state index in [1.165, 1.54) is 36.2 Å². The molecule has 1 unspecified atom stereocenters. The number of benzene rings is 1. The third-order valence-electron chi connectivity index (χ3n) is 7.11. The lowest BCUT2D eigenvalue weighted by atomic mass is 9.94. The molecule has 0 amide bonds. The first-order valence-electron chi connectivity index (χ1n) is 11.4. The van der Waals surface area contributed by atoms with Crippen molar-refractivity contribution in [3.63, 3.8) is 0 Å². The number of rotatable bonds is 4. The number of hydrogen-bond acceptors (Lipinski definition) is 3. The summed E-state index contributed by atoms with van der Waals surface area (Å²) in [6.45, 7) is 7.20. The van der Waals surface area contributed by atoms with Crippen molar-refractivity contribution in [2.45, 2.75) is 38.3 Å². The van der Waals surface area contributed by atoms with Crippen molar-refractivity contribution in [3.8, 4) is 5.75 Å². The Hall–Kier alpha value is -3.31. The molecule has 0 bridgehead atoms. The van der Waals surface area contributed by atoms with E-state index in [1.54, 1.807) is 10.6 Å². The van der Waals surface area contributed by atoms with Gasteiger partial charge in [0.25, 0.3) is 5.56 Å². The Morgan fingerprint density at radius 2 is 2.06 bits per heavy atom. The van der Waals surface area contributed by atoms with E-state index < -0.39 is 0 Å². The van der Waals surface area contributed by atoms with Crippen LogP contribution in [0.2, 0.25) is 0 Å². The maximum absolute atomic E-state index is 12.9. The van der Waals surface area contributed by atoms with E-state index in [-0.39, 0.29) is 5.56 Å². The highest BCUT2D eigenvalue weighted by Gasteiger charge is 2.35. The molecule has 32 heavy (non-hydrogen) atoms. The molecule has 1 aromatic carbocycles. The van der Waals surface area contributed by atoms with Gasteiger partial charge in [0.1, 0.15) is 18.1 Å². The number of ether oxygens (including phenoxy) is 1. The summed E-state index contributed by atoms with van der Waals surface area (Å²) in [5.74, 6) is 0.588. The Balaban J connectivity index is 1.30. The average molecular weight is 426 g/mol. The predicted octanol–water partition coefficient (Wildman–Crippen LogP) is 2.64. The fourth-order valence-corrected chi connectivity index (χ4v) is 5.55. The van der Waals surface area contributed by atoms with Crippen LogP contribution in [0.1, 0.15) is 41.3 Å². The maximum Gasteiger partial charge on any atom is 0.258 e. The molecule has 5 nitrogen and oxygen atoms in total. The van der Waals surface area contributed by atoms with Gasteiger partial charge in [0.2, 0.25) is 0 Å². The van der Waals surface area contributed by atoms with Gasteiger partial charge in [-0.15, -0.1) is 0 Å². The van der Waals surface area contributed by atoms with Crippen molar-refractivity contribution in [1.29, 1.82) is 0 Å². The van der Waals surface area contributed by atoms with Gasteiger partial charge in [0, 0.05) is 24.5 Å². The van der Waals surface area contributed by atoms with E-state index in [9.17, 15) is 4.79 Å². The van der Waals surface area contributed by atoms with E-state index in [2.05, 4.69) is 28.0 Å². The number of allylic oxidation sites excluding steroid dienone is 2. The van der Waals surface area contributed by atoms with Crippen LogP contribution in [-0.2, 0) is 19.4 Å². The van der Waals surface area contributed by atoms with Gasteiger partial charge < -0.3 is 4.74 Å². The molecule has 162 valence electrons. The molecule has 4 heterocycles. The van der Waals surface area contributed by atoms with Crippen molar-refractivity contribution in [1.82, 2.24) is 9.47 Å². The summed E-state index contributed by atoms with van der Waals surface area (Å²) in [5, 5.41) is 1.15. The van der Waals surface area contributed by atoms with E-state index in [1.807, 2.05) is 42.6 Å². The molecule has 2 aliphatic heterocycles. The third-order valence-corrected chi connectivity index (χ3v) is 7.11. The topological polar surface area (TPSA) is 40.4 Å². The van der Waals surface area contributed by atoms with Gasteiger partial charge >= 0.3 is 0 Å². The molecular formula is C27H27N3O2. The molecule has 0 spiro atoms. The highest BCUT2D eigenvalue weighted by Crippen LogP contribution is 2.36. The molecule has 2 aromatic heterocycles. The number of aromatic nitrogens is 2. The average Bonchev–Trinajstić information content (AvgIpc) is 3.41. The largest absolute Gasteiger partial charge is 0.489 e. The van der Waals surface area contributed by atoms with Crippen LogP contribution < -0.4 is 19.9 Å². The van der Waals surface area contributed by atoms with E-state index in [0.29, 0.717) is 18.4 Å². The molecule has 0 radical (unpaired) electrons. The van der Waals surface area contributed by atoms with Gasteiger partial charge in [-0.3, -0.25) is 18.5 Å². The van der Waals surface area contributed by atoms with Crippen LogP contribution in [0.3, 0.4) is 0 Å². The van der Waals surface area contributed by atoms with Crippen LogP contribution in [0.25, 0.3) is 11.8 Å². The molecule has 1 fully saturated rings. The molecule has 0 saturated carbocycles. The summed E-state index contributed by atoms with van der Waals surface area (Å²) in [5.41, 5.74) is 6.16. The first kappa shape index (κ1) is 19.4. The summed E-state index contributed by atoms with van der Waals surface area (Å²) in [6, 6.07) is 13.9. The van der Waals surface area contributed by atoms with E-state index >= 15 is 0 Å². The van der Waals surface area contributed by atoms with Crippen LogP contribution in [0, 0.1) is 6.72 Å². The number of pyridine rings is 1. The minimum atomic E-state index is -0.0876. The molecular weight excluding hydrogens is 398 g/mol. The Bertz CT molecular complexity index is 1380. The van der Waals surface area contributed by atoms with Gasteiger partial charge in [-0.25, -0.2) is 0 Å². The number of hydrogen-bond donors (Lipinski definition) is 0. The monoisotopic (exact) mass is 425 g/mol. The lowest BCUT2D eigenvalue weighted by molar-refractivity contribution is -0.524. The van der Waals surface area contributed by atoms with Gasteiger partial charge in [0.15, 0.2) is 0 Å². The quantitative estimate of drug-likeness (QED) is 0.477. The molecule has 1 saturated heterocycles. The van der Waals surface area contributed by atoms with Crippen LogP contribution in [0.15, 0.2) is 59.5 Å². The minimum Gasteiger partial charge on any atom is -0.489 e. The van der Waals surface area contributed by atoms with Crippen molar-refractivity contribution in [2.75, 3.05) is 13.1 Å². The Morgan fingerprint density at radius 1 is 1.19 bits per heavy atom. The molecule has 3 aliphatic rings. The fraction of sp³-hybridized carbons (Fsp3) is 0.296. The predicted molar refractivity (Wildman–Crippen MR) is 124 cm³/mol. The zero-order chi connectivity index (χ0) is 21.7. The van der Waals surface area contributed by atoms with Crippen molar-refractivity contribution in [3.05, 3.63) is 99.5 Å². The van der Waals surface area contributed by atoms with Crippen molar-refractivity contribution in [2.24, 2.45) is 0 Å². The van der Waals surface area contributed by atoms with Gasteiger partial charge in [-0.2, -0.15) is 0 Å². The second kappa shape index (κ2) is 7.68. The second-order valence-corrected chi connectivity index (χ2v) is 8.92. The first-order valence-corrected chi connectivity index (χ1v) is 11.4. The Morgan fingerprint density at radius 3 is 2.91 bits per heavy atom. The minimum absolute atomic E-state index is 0.0876.